The van der Waals surface area contributed by atoms with Crippen LogP contribution in [0.5, 0.6) is 0 Å². The number of amides is 3. The van der Waals surface area contributed by atoms with E-state index in [2.05, 4.69) is 21.3 Å². The van der Waals surface area contributed by atoms with Gasteiger partial charge in [0.1, 0.15) is 6.04 Å². The Labute approximate surface area is 196 Å². The topological polar surface area (TPSA) is 125 Å². The molecule has 0 aliphatic carbocycles. The fourth-order valence-electron chi connectivity index (χ4n) is 3.48. The van der Waals surface area contributed by atoms with E-state index in [0.717, 1.165) is 48.7 Å². The van der Waals surface area contributed by atoms with E-state index in [1.807, 2.05) is 42.5 Å². The van der Waals surface area contributed by atoms with Crippen molar-refractivity contribution < 1.29 is 14.4 Å². The monoisotopic (exact) mass is 455 g/mol. The Kier molecular flexibility index (Phi) is 11.9. The first kappa shape index (κ1) is 26.3. The lowest BCUT2D eigenvalue weighted by Gasteiger charge is -2.15. The highest BCUT2D eigenvalue weighted by molar-refractivity contribution is 5.92. The van der Waals surface area contributed by atoms with Crippen LogP contribution in [0.4, 0.5) is 0 Å². The van der Waals surface area contributed by atoms with Crippen LogP contribution in [0.1, 0.15) is 38.2 Å². The van der Waals surface area contributed by atoms with Crippen molar-refractivity contribution >= 4 is 28.5 Å². The van der Waals surface area contributed by atoms with Gasteiger partial charge in [-0.2, -0.15) is 0 Å². The highest BCUT2D eigenvalue weighted by Gasteiger charge is 2.16. The zero-order valence-corrected chi connectivity index (χ0v) is 19.5. The Morgan fingerprint density at radius 3 is 2.42 bits per heavy atom. The van der Waals surface area contributed by atoms with Crippen LogP contribution in [0.3, 0.4) is 0 Å². The van der Waals surface area contributed by atoms with Gasteiger partial charge in [0.15, 0.2) is 0 Å². The molecule has 8 heteroatoms. The van der Waals surface area contributed by atoms with Crippen LogP contribution in [-0.2, 0) is 20.8 Å². The fourth-order valence-corrected chi connectivity index (χ4v) is 3.48. The summed E-state index contributed by atoms with van der Waals surface area (Å²) in [5, 5.41) is 13.7. The minimum Gasteiger partial charge on any atom is -0.356 e. The van der Waals surface area contributed by atoms with Gasteiger partial charge in [-0.1, -0.05) is 42.5 Å². The molecule has 2 rings (SSSR count). The third-order valence-electron chi connectivity index (χ3n) is 5.31. The molecular formula is C25H37N5O3. The maximum atomic E-state index is 12.4. The molecule has 0 radical (unpaired) electrons. The maximum absolute atomic E-state index is 12.4. The molecule has 33 heavy (non-hydrogen) atoms. The van der Waals surface area contributed by atoms with Crippen LogP contribution in [0.2, 0.25) is 0 Å². The molecule has 2 aromatic rings. The average Bonchev–Trinajstić information content (AvgIpc) is 2.81. The van der Waals surface area contributed by atoms with Crippen molar-refractivity contribution in [2.75, 3.05) is 32.7 Å². The van der Waals surface area contributed by atoms with Gasteiger partial charge in [0, 0.05) is 19.5 Å². The summed E-state index contributed by atoms with van der Waals surface area (Å²) in [5.74, 6) is -0.634. The standard InChI is InChI=1S/C25H37N5O3/c1-19(30-24(32)18-21-10-6-9-20-8-2-3-11-22(20)21)25(33)29-17-12-23(31)28-16-7-15-27-14-5-4-13-26/h2-3,6,8-11,19,27H,4-5,7,12-18,26H2,1H3,(H,28,31)(H,29,33)(H,30,32). The van der Waals surface area contributed by atoms with Crippen LogP contribution in [-0.4, -0.2) is 56.5 Å². The van der Waals surface area contributed by atoms with Crippen LogP contribution in [0, 0.1) is 0 Å². The number of hydrogen-bond acceptors (Lipinski definition) is 5. The number of rotatable bonds is 15. The predicted molar refractivity (Wildman–Crippen MR) is 132 cm³/mol. The Hall–Kier alpha value is -2.97. The van der Waals surface area contributed by atoms with Crippen molar-refractivity contribution in [2.24, 2.45) is 5.73 Å². The quantitative estimate of drug-likeness (QED) is 0.258. The Morgan fingerprint density at radius 1 is 0.848 bits per heavy atom. The third kappa shape index (κ3) is 10.0. The summed E-state index contributed by atoms with van der Waals surface area (Å²) in [6, 6.07) is 13.1. The molecule has 0 fully saturated rings. The summed E-state index contributed by atoms with van der Waals surface area (Å²) < 4.78 is 0. The number of carbonyl (C=O) groups excluding carboxylic acids is 3. The van der Waals surface area contributed by atoms with E-state index in [1.54, 1.807) is 6.92 Å². The number of nitrogens with two attached hydrogens (primary N) is 1. The molecule has 0 bridgehead atoms. The molecule has 0 aromatic heterocycles. The lowest BCUT2D eigenvalue weighted by Crippen LogP contribution is -2.46. The van der Waals surface area contributed by atoms with Crippen molar-refractivity contribution in [3.05, 3.63) is 48.0 Å². The van der Waals surface area contributed by atoms with Crippen molar-refractivity contribution in [3.8, 4) is 0 Å². The lowest BCUT2D eigenvalue weighted by atomic mass is 10.0. The van der Waals surface area contributed by atoms with Crippen molar-refractivity contribution in [1.82, 2.24) is 21.3 Å². The Bertz CT molecular complexity index is 897. The first-order valence-electron chi connectivity index (χ1n) is 11.7. The van der Waals surface area contributed by atoms with Crippen molar-refractivity contribution in [2.45, 2.75) is 45.1 Å². The van der Waals surface area contributed by atoms with Crippen LogP contribution in [0.25, 0.3) is 10.8 Å². The summed E-state index contributed by atoms with van der Waals surface area (Å²) in [5.41, 5.74) is 6.36. The molecule has 0 spiro atoms. The van der Waals surface area contributed by atoms with E-state index in [0.29, 0.717) is 13.1 Å². The summed E-state index contributed by atoms with van der Waals surface area (Å²) in [6.07, 6.45) is 3.32. The second-order valence-corrected chi connectivity index (χ2v) is 8.09. The van der Waals surface area contributed by atoms with Crippen molar-refractivity contribution in [1.29, 1.82) is 0 Å². The van der Waals surface area contributed by atoms with Gasteiger partial charge in [-0.15, -0.1) is 0 Å². The predicted octanol–water partition coefficient (Wildman–Crippen LogP) is 1.23. The van der Waals surface area contributed by atoms with Gasteiger partial charge >= 0.3 is 0 Å². The Balaban J connectivity index is 1.60. The highest BCUT2D eigenvalue weighted by atomic mass is 16.2. The first-order chi connectivity index (χ1) is 16.0. The van der Waals surface area contributed by atoms with Crippen molar-refractivity contribution in [3.63, 3.8) is 0 Å². The fraction of sp³-hybridized carbons (Fsp3) is 0.480. The molecule has 1 atom stereocenters. The van der Waals surface area contributed by atoms with Crippen LogP contribution in [0.15, 0.2) is 42.5 Å². The van der Waals surface area contributed by atoms with Gasteiger partial charge in [-0.05, 0) is 62.2 Å². The minimum atomic E-state index is -0.680. The summed E-state index contributed by atoms with van der Waals surface area (Å²) in [7, 11) is 0. The lowest BCUT2D eigenvalue weighted by molar-refractivity contribution is -0.128. The van der Waals surface area contributed by atoms with E-state index < -0.39 is 6.04 Å². The normalized spacial score (nSPS) is 11.7. The zero-order chi connectivity index (χ0) is 23.9. The summed E-state index contributed by atoms with van der Waals surface area (Å²) in [4.78, 5) is 36.6. The van der Waals surface area contributed by atoms with Crippen LogP contribution < -0.4 is 27.0 Å². The number of fused-ring (bicyclic) bond motifs is 1. The molecule has 0 aliphatic heterocycles. The molecular weight excluding hydrogens is 418 g/mol. The maximum Gasteiger partial charge on any atom is 0.242 e. The minimum absolute atomic E-state index is 0.105. The third-order valence-corrected chi connectivity index (χ3v) is 5.31. The average molecular weight is 456 g/mol. The van der Waals surface area contributed by atoms with Gasteiger partial charge in [0.05, 0.1) is 6.42 Å². The van der Waals surface area contributed by atoms with Gasteiger partial charge in [0.2, 0.25) is 17.7 Å². The van der Waals surface area contributed by atoms with Gasteiger partial charge < -0.3 is 27.0 Å². The van der Waals surface area contributed by atoms with E-state index in [1.165, 1.54) is 0 Å². The molecule has 1 unspecified atom stereocenters. The van der Waals surface area contributed by atoms with E-state index in [9.17, 15) is 14.4 Å². The number of hydrogen-bond donors (Lipinski definition) is 5. The number of unbranched alkanes of at least 4 members (excludes halogenated alkanes) is 1. The molecule has 8 nitrogen and oxygen atoms in total. The van der Waals surface area contributed by atoms with Gasteiger partial charge in [-0.3, -0.25) is 14.4 Å². The Morgan fingerprint density at radius 2 is 1.61 bits per heavy atom. The van der Waals surface area contributed by atoms with E-state index in [-0.39, 0.29) is 37.1 Å². The first-order valence-corrected chi connectivity index (χ1v) is 11.7. The van der Waals surface area contributed by atoms with E-state index >= 15 is 0 Å². The largest absolute Gasteiger partial charge is 0.356 e. The zero-order valence-electron chi connectivity index (χ0n) is 19.5. The second kappa shape index (κ2) is 15.0. The smallest absolute Gasteiger partial charge is 0.242 e. The molecule has 6 N–H and O–H groups in total. The van der Waals surface area contributed by atoms with Crippen LogP contribution >= 0.6 is 0 Å². The molecule has 2 aromatic carbocycles. The summed E-state index contributed by atoms with van der Waals surface area (Å²) in [6.45, 7) is 4.95. The summed E-state index contributed by atoms with van der Waals surface area (Å²) >= 11 is 0. The SMILES string of the molecule is CC(NC(=O)Cc1cccc2ccccc12)C(=O)NCCC(=O)NCCCNCCCCN. The van der Waals surface area contributed by atoms with E-state index in [4.69, 9.17) is 5.73 Å². The molecule has 0 saturated heterocycles. The molecule has 3 amide bonds. The molecule has 0 saturated carbocycles. The van der Waals surface area contributed by atoms with Gasteiger partial charge in [0.25, 0.3) is 0 Å². The molecule has 0 aliphatic rings. The number of carbonyl (C=O) groups is 3. The number of nitrogens with one attached hydrogen (secondary N) is 4. The number of benzene rings is 2. The molecule has 0 heterocycles. The van der Waals surface area contributed by atoms with Gasteiger partial charge in [-0.25, -0.2) is 0 Å². The highest BCUT2D eigenvalue weighted by Crippen LogP contribution is 2.18. The second-order valence-electron chi connectivity index (χ2n) is 8.09. The molecule has 180 valence electrons.